The Bertz CT molecular complexity index is 989. The van der Waals surface area contributed by atoms with Crippen LogP contribution >= 0.6 is 0 Å². The molecule has 0 unspecified atom stereocenters. The standard InChI is InChI=1S/C16H17FN4O5S/c1-9-3-4-13(26-2)16(19-9)18-7-10-5-11(17)15(12(22)6-10)21-8-14(23)20-27(21,24)25/h3-6,22H,7-8H2,1-2H3,(H,18,19)(H,20,23). The summed E-state index contributed by atoms with van der Waals surface area (Å²) in [6, 6.07) is 5.79. The minimum absolute atomic E-state index is 0.0987. The summed E-state index contributed by atoms with van der Waals surface area (Å²) in [6.45, 7) is 1.30. The lowest BCUT2D eigenvalue weighted by Gasteiger charge is -2.18. The van der Waals surface area contributed by atoms with E-state index in [4.69, 9.17) is 4.74 Å². The van der Waals surface area contributed by atoms with E-state index in [2.05, 4.69) is 10.3 Å². The van der Waals surface area contributed by atoms with E-state index in [1.807, 2.05) is 0 Å². The Morgan fingerprint density at radius 2 is 2.15 bits per heavy atom. The summed E-state index contributed by atoms with van der Waals surface area (Å²) in [7, 11) is -2.73. The van der Waals surface area contributed by atoms with E-state index < -0.39 is 39.9 Å². The fourth-order valence-electron chi connectivity index (χ4n) is 2.66. The van der Waals surface area contributed by atoms with Gasteiger partial charge in [-0.15, -0.1) is 0 Å². The molecule has 3 N–H and O–H groups in total. The second-order valence-corrected chi connectivity index (χ2v) is 7.43. The number of hydrogen-bond donors (Lipinski definition) is 3. The highest BCUT2D eigenvalue weighted by molar-refractivity contribution is 7.92. The Balaban J connectivity index is 1.86. The molecule has 144 valence electrons. The van der Waals surface area contributed by atoms with Gasteiger partial charge in [0.05, 0.1) is 7.11 Å². The topological polar surface area (TPSA) is 121 Å². The molecule has 3 rings (SSSR count). The van der Waals surface area contributed by atoms with E-state index in [1.54, 1.807) is 23.8 Å². The number of pyridine rings is 1. The fraction of sp³-hybridized carbons (Fsp3) is 0.250. The van der Waals surface area contributed by atoms with E-state index in [0.29, 0.717) is 21.4 Å². The third kappa shape index (κ3) is 3.72. The summed E-state index contributed by atoms with van der Waals surface area (Å²) in [5.41, 5.74) is 0.512. The van der Waals surface area contributed by atoms with Crippen molar-refractivity contribution >= 4 is 27.6 Å². The van der Waals surface area contributed by atoms with Gasteiger partial charge in [0.1, 0.15) is 18.0 Å². The zero-order valence-electron chi connectivity index (χ0n) is 14.5. The Kier molecular flexibility index (Phi) is 4.79. The lowest BCUT2D eigenvalue weighted by molar-refractivity contribution is -0.117. The van der Waals surface area contributed by atoms with Crippen molar-refractivity contribution < 1.29 is 27.4 Å². The first-order chi connectivity index (χ1) is 12.7. The first-order valence-corrected chi connectivity index (χ1v) is 9.25. The number of ether oxygens (including phenoxy) is 1. The summed E-state index contributed by atoms with van der Waals surface area (Å²) in [5, 5.41) is 13.1. The van der Waals surface area contributed by atoms with Crippen LogP contribution in [0.25, 0.3) is 0 Å². The highest BCUT2D eigenvalue weighted by atomic mass is 32.2. The van der Waals surface area contributed by atoms with Crippen molar-refractivity contribution in [3.8, 4) is 11.5 Å². The highest BCUT2D eigenvalue weighted by Gasteiger charge is 2.37. The molecule has 0 radical (unpaired) electrons. The summed E-state index contributed by atoms with van der Waals surface area (Å²) < 4.78 is 45.6. The van der Waals surface area contributed by atoms with E-state index in [-0.39, 0.29) is 6.54 Å². The molecule has 1 aromatic carbocycles. The van der Waals surface area contributed by atoms with Crippen LogP contribution in [0.4, 0.5) is 15.9 Å². The van der Waals surface area contributed by atoms with Crippen LogP contribution < -0.4 is 19.1 Å². The Morgan fingerprint density at radius 1 is 1.41 bits per heavy atom. The van der Waals surface area contributed by atoms with Gasteiger partial charge in [-0.05, 0) is 36.8 Å². The third-order valence-corrected chi connectivity index (χ3v) is 5.23. The number of carbonyl (C=O) groups excluding carboxylic acids is 1. The second kappa shape index (κ2) is 6.91. The summed E-state index contributed by atoms with van der Waals surface area (Å²) in [6.07, 6.45) is 0. The maximum absolute atomic E-state index is 14.5. The predicted octanol–water partition coefficient (Wildman–Crippen LogP) is 1.04. The zero-order chi connectivity index (χ0) is 19.8. The van der Waals surface area contributed by atoms with Crippen molar-refractivity contribution in [1.82, 2.24) is 9.71 Å². The van der Waals surface area contributed by atoms with E-state index in [0.717, 1.165) is 11.8 Å². The molecule has 0 saturated carbocycles. The van der Waals surface area contributed by atoms with Gasteiger partial charge in [0.25, 0.3) is 5.91 Å². The van der Waals surface area contributed by atoms with Crippen molar-refractivity contribution in [2.45, 2.75) is 13.5 Å². The average molecular weight is 396 g/mol. The van der Waals surface area contributed by atoms with Gasteiger partial charge in [-0.2, -0.15) is 8.42 Å². The zero-order valence-corrected chi connectivity index (χ0v) is 15.3. The molecule has 2 aromatic rings. The van der Waals surface area contributed by atoms with Gasteiger partial charge in [0.15, 0.2) is 17.4 Å². The monoisotopic (exact) mass is 396 g/mol. The average Bonchev–Trinajstić information content (AvgIpc) is 2.85. The lowest BCUT2D eigenvalue weighted by Crippen LogP contribution is -2.30. The number of amides is 1. The molecule has 27 heavy (non-hydrogen) atoms. The molecule has 11 heteroatoms. The summed E-state index contributed by atoms with van der Waals surface area (Å²) >= 11 is 0. The summed E-state index contributed by atoms with van der Waals surface area (Å²) in [4.78, 5) is 15.6. The molecular formula is C16H17FN4O5S. The minimum Gasteiger partial charge on any atom is -0.506 e. The SMILES string of the molecule is COc1ccc(C)nc1NCc1cc(O)c(N2CC(=O)NS2(=O)=O)c(F)c1. The van der Waals surface area contributed by atoms with E-state index in [1.165, 1.54) is 13.2 Å². The molecule has 0 bridgehead atoms. The van der Waals surface area contributed by atoms with Gasteiger partial charge < -0.3 is 15.2 Å². The van der Waals surface area contributed by atoms with Crippen molar-refractivity contribution in [1.29, 1.82) is 0 Å². The number of hydrogen-bond acceptors (Lipinski definition) is 7. The molecule has 9 nitrogen and oxygen atoms in total. The van der Waals surface area contributed by atoms with Crippen LogP contribution in [-0.4, -0.2) is 38.1 Å². The molecule has 1 fully saturated rings. The van der Waals surface area contributed by atoms with Gasteiger partial charge in [0.2, 0.25) is 0 Å². The lowest BCUT2D eigenvalue weighted by atomic mass is 10.1. The Labute approximate surface area is 155 Å². The molecule has 0 atom stereocenters. The predicted molar refractivity (Wildman–Crippen MR) is 95.3 cm³/mol. The highest BCUT2D eigenvalue weighted by Crippen LogP contribution is 2.35. The quantitative estimate of drug-likeness (QED) is 0.690. The van der Waals surface area contributed by atoms with Crippen molar-refractivity contribution in [2.24, 2.45) is 0 Å². The van der Waals surface area contributed by atoms with Crippen LogP contribution in [0.3, 0.4) is 0 Å². The van der Waals surface area contributed by atoms with Crippen LogP contribution in [-0.2, 0) is 21.5 Å². The van der Waals surface area contributed by atoms with Gasteiger partial charge in [-0.3, -0.25) is 4.79 Å². The largest absolute Gasteiger partial charge is 0.506 e. The molecule has 1 saturated heterocycles. The normalized spacial score (nSPS) is 15.5. The molecule has 1 aliphatic heterocycles. The van der Waals surface area contributed by atoms with Crippen LogP contribution in [0.1, 0.15) is 11.3 Å². The molecule has 1 aliphatic rings. The molecule has 1 amide bonds. The van der Waals surface area contributed by atoms with Crippen LogP contribution in [0.15, 0.2) is 24.3 Å². The minimum atomic E-state index is -4.22. The maximum Gasteiger partial charge on any atom is 0.326 e. The maximum atomic E-state index is 14.5. The number of aromatic nitrogens is 1. The van der Waals surface area contributed by atoms with Crippen LogP contribution in [0.2, 0.25) is 0 Å². The Morgan fingerprint density at radius 3 is 2.74 bits per heavy atom. The number of rotatable bonds is 5. The van der Waals surface area contributed by atoms with Crippen LogP contribution in [0.5, 0.6) is 11.5 Å². The number of anilines is 2. The molecule has 1 aromatic heterocycles. The van der Waals surface area contributed by atoms with Crippen molar-refractivity contribution in [2.75, 3.05) is 23.3 Å². The first-order valence-electron chi connectivity index (χ1n) is 7.81. The smallest absolute Gasteiger partial charge is 0.326 e. The second-order valence-electron chi connectivity index (χ2n) is 5.84. The number of methoxy groups -OCH3 is 1. The van der Waals surface area contributed by atoms with Gasteiger partial charge in [-0.25, -0.2) is 18.4 Å². The van der Waals surface area contributed by atoms with E-state index >= 15 is 0 Å². The molecule has 0 aliphatic carbocycles. The number of aromatic hydroxyl groups is 1. The number of aryl methyl sites for hydroxylation is 1. The van der Waals surface area contributed by atoms with Crippen molar-refractivity contribution in [3.63, 3.8) is 0 Å². The number of carbonyl (C=O) groups is 1. The molecular weight excluding hydrogens is 379 g/mol. The first kappa shape index (κ1) is 18.7. The molecule has 2 heterocycles. The van der Waals surface area contributed by atoms with Crippen molar-refractivity contribution in [3.05, 3.63) is 41.3 Å². The van der Waals surface area contributed by atoms with Gasteiger partial charge >= 0.3 is 10.2 Å². The summed E-state index contributed by atoms with van der Waals surface area (Å²) in [5.74, 6) is -1.45. The number of phenols is 1. The van der Waals surface area contributed by atoms with Gasteiger partial charge in [-0.1, -0.05) is 0 Å². The fourth-order valence-corrected chi connectivity index (χ4v) is 3.83. The number of nitrogens with one attached hydrogen (secondary N) is 2. The third-order valence-electron chi connectivity index (χ3n) is 3.85. The number of benzene rings is 1. The Hall–Kier alpha value is -3.08. The number of phenolic OH excluding ortho intramolecular Hbond substituents is 1. The van der Waals surface area contributed by atoms with Gasteiger partial charge in [0, 0.05) is 12.2 Å². The van der Waals surface area contributed by atoms with Crippen LogP contribution in [0, 0.1) is 12.7 Å². The molecule has 0 spiro atoms. The number of halogens is 1. The van der Waals surface area contributed by atoms with E-state index in [9.17, 15) is 22.7 Å². The number of nitrogens with zero attached hydrogens (tertiary/aromatic N) is 2.